The molecular formula is C15H27NO4. The maximum Gasteiger partial charge on any atom is 0.332 e. The van der Waals surface area contributed by atoms with Gasteiger partial charge in [0.25, 0.3) is 0 Å². The first kappa shape index (κ1) is 17.0. The number of amides is 1. The van der Waals surface area contributed by atoms with E-state index in [0.29, 0.717) is 6.42 Å². The molecule has 0 bridgehead atoms. The predicted molar refractivity (Wildman–Crippen MR) is 76.3 cm³/mol. The van der Waals surface area contributed by atoms with Crippen LogP contribution in [0.4, 0.5) is 0 Å². The number of piperidine rings is 1. The molecule has 1 aliphatic rings. The zero-order valence-corrected chi connectivity index (χ0v) is 13.1. The predicted octanol–water partition coefficient (Wildman–Crippen LogP) is 2.14. The van der Waals surface area contributed by atoms with E-state index in [9.17, 15) is 9.59 Å². The lowest BCUT2D eigenvalue weighted by atomic mass is 10.1. The quantitative estimate of drug-likeness (QED) is 0.726. The summed E-state index contributed by atoms with van der Waals surface area (Å²) in [5.41, 5.74) is -0.476. The first-order chi connectivity index (χ1) is 9.31. The van der Waals surface area contributed by atoms with Crippen molar-refractivity contribution in [3.05, 3.63) is 0 Å². The van der Waals surface area contributed by atoms with Crippen LogP contribution in [0.3, 0.4) is 0 Å². The summed E-state index contributed by atoms with van der Waals surface area (Å²) in [5, 5.41) is 0. The minimum Gasteiger partial charge on any atom is -0.458 e. The van der Waals surface area contributed by atoms with Gasteiger partial charge in [-0.1, -0.05) is 6.92 Å². The number of rotatable bonds is 5. The van der Waals surface area contributed by atoms with Crippen molar-refractivity contribution < 1.29 is 19.1 Å². The van der Waals surface area contributed by atoms with Gasteiger partial charge in [0.1, 0.15) is 12.2 Å². The Morgan fingerprint density at radius 2 is 1.80 bits per heavy atom. The number of nitrogens with zero attached hydrogens (tertiary/aromatic N) is 1. The molecule has 0 aromatic rings. The van der Waals surface area contributed by atoms with Gasteiger partial charge >= 0.3 is 5.97 Å². The van der Waals surface area contributed by atoms with Crippen molar-refractivity contribution in [1.29, 1.82) is 0 Å². The van der Waals surface area contributed by atoms with Gasteiger partial charge in [-0.25, -0.2) is 4.79 Å². The minimum absolute atomic E-state index is 0.00908. The maximum absolute atomic E-state index is 11.7. The molecule has 1 fully saturated rings. The highest BCUT2D eigenvalue weighted by atomic mass is 16.6. The summed E-state index contributed by atoms with van der Waals surface area (Å²) in [5.74, 6) is -0.111. The van der Waals surface area contributed by atoms with E-state index < -0.39 is 5.60 Å². The number of esters is 1. The number of likely N-dealkylation sites (tertiary alicyclic amines) is 1. The van der Waals surface area contributed by atoms with Crippen molar-refractivity contribution in [2.75, 3.05) is 19.7 Å². The number of carbonyl (C=O) groups is 2. The first-order valence-electron chi connectivity index (χ1n) is 7.43. The Labute approximate surface area is 121 Å². The van der Waals surface area contributed by atoms with Gasteiger partial charge in [-0.2, -0.15) is 0 Å². The summed E-state index contributed by atoms with van der Waals surface area (Å²) in [4.78, 5) is 25.2. The maximum atomic E-state index is 11.7. The molecule has 1 heterocycles. The van der Waals surface area contributed by atoms with E-state index in [1.807, 2.05) is 32.6 Å². The Kier molecular flexibility index (Phi) is 6.46. The first-order valence-corrected chi connectivity index (χ1v) is 7.43. The van der Waals surface area contributed by atoms with Gasteiger partial charge in [-0.05, 0) is 40.0 Å². The molecule has 0 atom stereocenters. The average molecular weight is 285 g/mol. The zero-order chi connectivity index (χ0) is 15.2. The van der Waals surface area contributed by atoms with Crippen molar-refractivity contribution >= 4 is 11.9 Å². The summed E-state index contributed by atoms with van der Waals surface area (Å²) in [6.45, 7) is 8.95. The topological polar surface area (TPSA) is 55.8 Å². The molecule has 5 nitrogen and oxygen atoms in total. The standard InChI is InChI=1S/C15H27NO4/c1-5-6-13(17)16-9-7-12(8-10-16)19-11-14(18)20-15(2,3)4/h12H,5-11H2,1-4H3. The fourth-order valence-corrected chi connectivity index (χ4v) is 2.20. The highest BCUT2D eigenvalue weighted by molar-refractivity contribution is 5.76. The van der Waals surface area contributed by atoms with Crippen molar-refractivity contribution in [2.24, 2.45) is 0 Å². The third-order valence-electron chi connectivity index (χ3n) is 3.12. The Bertz CT molecular complexity index is 327. The van der Waals surface area contributed by atoms with Crippen LogP contribution in [0.15, 0.2) is 0 Å². The molecule has 5 heteroatoms. The van der Waals surface area contributed by atoms with E-state index in [4.69, 9.17) is 9.47 Å². The van der Waals surface area contributed by atoms with E-state index in [-0.39, 0.29) is 24.6 Å². The fraction of sp³-hybridized carbons (Fsp3) is 0.867. The molecule has 0 saturated carbocycles. The van der Waals surface area contributed by atoms with Crippen molar-refractivity contribution in [1.82, 2.24) is 4.90 Å². The van der Waals surface area contributed by atoms with E-state index in [1.54, 1.807) is 0 Å². The van der Waals surface area contributed by atoms with Crippen LogP contribution < -0.4 is 0 Å². The normalized spacial score (nSPS) is 17.1. The summed E-state index contributed by atoms with van der Waals surface area (Å²) in [6.07, 6.45) is 3.13. The summed E-state index contributed by atoms with van der Waals surface area (Å²) in [7, 11) is 0. The second-order valence-electron chi connectivity index (χ2n) is 6.23. The average Bonchev–Trinajstić information content (AvgIpc) is 2.35. The van der Waals surface area contributed by atoms with Gasteiger partial charge in [-0.15, -0.1) is 0 Å². The summed E-state index contributed by atoms with van der Waals surface area (Å²) >= 11 is 0. The number of ether oxygens (including phenoxy) is 2. The molecule has 0 N–H and O–H groups in total. The third-order valence-corrected chi connectivity index (χ3v) is 3.12. The van der Waals surface area contributed by atoms with Gasteiger partial charge in [0.15, 0.2) is 0 Å². The second kappa shape index (κ2) is 7.62. The molecule has 0 aliphatic carbocycles. The van der Waals surface area contributed by atoms with Crippen LogP contribution in [0.25, 0.3) is 0 Å². The monoisotopic (exact) mass is 285 g/mol. The van der Waals surface area contributed by atoms with Crippen LogP contribution in [-0.2, 0) is 19.1 Å². The van der Waals surface area contributed by atoms with Gasteiger partial charge in [-0.3, -0.25) is 4.79 Å². The van der Waals surface area contributed by atoms with Gasteiger partial charge in [0.05, 0.1) is 6.10 Å². The Morgan fingerprint density at radius 3 is 2.30 bits per heavy atom. The number of carbonyl (C=O) groups excluding carboxylic acids is 2. The van der Waals surface area contributed by atoms with E-state index in [0.717, 1.165) is 32.4 Å². The summed E-state index contributed by atoms with van der Waals surface area (Å²) < 4.78 is 10.8. The molecule has 1 aliphatic heterocycles. The van der Waals surface area contributed by atoms with Crippen molar-refractivity contribution in [3.8, 4) is 0 Å². The lowest BCUT2D eigenvalue weighted by Gasteiger charge is -2.32. The van der Waals surface area contributed by atoms with Crippen LogP contribution in [-0.4, -0.2) is 48.2 Å². The van der Waals surface area contributed by atoms with E-state index >= 15 is 0 Å². The zero-order valence-electron chi connectivity index (χ0n) is 13.1. The van der Waals surface area contributed by atoms with Crippen LogP contribution in [0.1, 0.15) is 53.4 Å². The highest BCUT2D eigenvalue weighted by Gasteiger charge is 2.24. The molecule has 0 spiro atoms. The molecular weight excluding hydrogens is 258 g/mol. The Balaban J connectivity index is 2.23. The number of hydrogen-bond acceptors (Lipinski definition) is 4. The second-order valence-corrected chi connectivity index (χ2v) is 6.23. The molecule has 20 heavy (non-hydrogen) atoms. The Morgan fingerprint density at radius 1 is 1.20 bits per heavy atom. The smallest absolute Gasteiger partial charge is 0.332 e. The molecule has 1 saturated heterocycles. The minimum atomic E-state index is -0.476. The molecule has 116 valence electrons. The fourth-order valence-electron chi connectivity index (χ4n) is 2.20. The number of hydrogen-bond donors (Lipinski definition) is 0. The van der Waals surface area contributed by atoms with Crippen LogP contribution in [0, 0.1) is 0 Å². The molecule has 1 amide bonds. The van der Waals surface area contributed by atoms with Crippen LogP contribution in [0.5, 0.6) is 0 Å². The van der Waals surface area contributed by atoms with Crippen molar-refractivity contribution in [3.63, 3.8) is 0 Å². The Hall–Kier alpha value is -1.10. The van der Waals surface area contributed by atoms with E-state index in [2.05, 4.69) is 0 Å². The van der Waals surface area contributed by atoms with Gasteiger partial charge in [0.2, 0.25) is 5.91 Å². The lowest BCUT2D eigenvalue weighted by molar-refractivity contribution is -0.163. The molecule has 0 radical (unpaired) electrons. The molecule has 0 unspecified atom stereocenters. The van der Waals surface area contributed by atoms with Gasteiger partial charge < -0.3 is 14.4 Å². The highest BCUT2D eigenvalue weighted by Crippen LogP contribution is 2.15. The SMILES string of the molecule is CCCC(=O)N1CCC(OCC(=O)OC(C)(C)C)CC1. The van der Waals surface area contributed by atoms with Crippen molar-refractivity contribution in [2.45, 2.75) is 65.1 Å². The molecule has 0 aromatic heterocycles. The van der Waals surface area contributed by atoms with Crippen LogP contribution in [0.2, 0.25) is 0 Å². The largest absolute Gasteiger partial charge is 0.458 e. The van der Waals surface area contributed by atoms with E-state index in [1.165, 1.54) is 0 Å². The molecule has 0 aromatic carbocycles. The van der Waals surface area contributed by atoms with Crippen LogP contribution >= 0.6 is 0 Å². The lowest BCUT2D eigenvalue weighted by Crippen LogP contribution is -2.41. The molecule has 1 rings (SSSR count). The van der Waals surface area contributed by atoms with Gasteiger partial charge in [0, 0.05) is 19.5 Å². The third kappa shape index (κ3) is 6.37. The summed E-state index contributed by atoms with van der Waals surface area (Å²) in [6, 6.07) is 0.